The number of alkyl halides is 1. The van der Waals surface area contributed by atoms with Gasteiger partial charge in [-0.1, -0.05) is 63.6 Å². The van der Waals surface area contributed by atoms with Crippen molar-refractivity contribution in [1.82, 2.24) is 10.2 Å². The van der Waals surface area contributed by atoms with Crippen molar-refractivity contribution in [3.63, 3.8) is 0 Å². The average molecular weight is 573 g/mol. The lowest BCUT2D eigenvalue weighted by atomic mass is 9.94. The standard InChI is InChI=1S/C32H45ClN2O5/c1-4-5-6-10-21-40-27-16-14-25(15-17-27)31(32(37)34-26-11-8-7-9-12-26)35(30(36)23-33)20-19-24-13-18-28(38-2)29(22-24)39-3/h13-18,22,26,31H,4-12,19-21,23H2,1-3H3,(H,34,37)/t31-/m0/s1. The Morgan fingerprint density at radius 1 is 0.975 bits per heavy atom. The predicted octanol–water partition coefficient (Wildman–Crippen LogP) is 6.46. The molecule has 220 valence electrons. The third-order valence-corrected chi connectivity index (χ3v) is 7.73. The molecule has 0 bridgehead atoms. The average Bonchev–Trinajstić information content (AvgIpc) is 2.99. The van der Waals surface area contributed by atoms with E-state index in [0.717, 1.165) is 55.4 Å². The van der Waals surface area contributed by atoms with Gasteiger partial charge in [0.05, 0.1) is 20.8 Å². The molecule has 0 heterocycles. The van der Waals surface area contributed by atoms with E-state index in [4.69, 9.17) is 25.8 Å². The molecule has 2 aromatic carbocycles. The van der Waals surface area contributed by atoms with Crippen LogP contribution in [0.4, 0.5) is 0 Å². The molecule has 1 saturated carbocycles. The van der Waals surface area contributed by atoms with Gasteiger partial charge in [0.25, 0.3) is 0 Å². The minimum absolute atomic E-state index is 0.119. The van der Waals surface area contributed by atoms with Crippen LogP contribution in [0.3, 0.4) is 0 Å². The minimum Gasteiger partial charge on any atom is -0.494 e. The maximum Gasteiger partial charge on any atom is 0.247 e. The molecule has 1 fully saturated rings. The maximum absolute atomic E-state index is 13.8. The first-order chi connectivity index (χ1) is 19.5. The van der Waals surface area contributed by atoms with Gasteiger partial charge in [0.1, 0.15) is 17.7 Å². The summed E-state index contributed by atoms with van der Waals surface area (Å²) >= 11 is 6.08. The number of amides is 2. The fraction of sp³-hybridized carbons (Fsp3) is 0.562. The zero-order valence-corrected chi connectivity index (χ0v) is 25.0. The third kappa shape index (κ3) is 9.33. The van der Waals surface area contributed by atoms with Crippen molar-refractivity contribution in [2.45, 2.75) is 83.2 Å². The van der Waals surface area contributed by atoms with Gasteiger partial charge in [-0.25, -0.2) is 0 Å². The molecule has 0 radical (unpaired) electrons. The van der Waals surface area contributed by atoms with Crippen molar-refractivity contribution in [3.8, 4) is 17.2 Å². The van der Waals surface area contributed by atoms with E-state index in [1.165, 1.54) is 19.3 Å². The first kappa shape index (κ1) is 31.6. The van der Waals surface area contributed by atoms with E-state index in [1.807, 2.05) is 42.5 Å². The van der Waals surface area contributed by atoms with Crippen molar-refractivity contribution >= 4 is 23.4 Å². The number of nitrogens with one attached hydrogen (secondary N) is 1. The van der Waals surface area contributed by atoms with E-state index in [2.05, 4.69) is 12.2 Å². The number of carbonyl (C=O) groups is 2. The number of nitrogens with zero attached hydrogens (tertiary/aromatic N) is 1. The number of halogens is 1. The van der Waals surface area contributed by atoms with Gasteiger partial charge in [-0.05, 0) is 61.1 Å². The summed E-state index contributed by atoms with van der Waals surface area (Å²) in [5.74, 6) is 1.34. The highest BCUT2D eigenvalue weighted by Crippen LogP contribution is 2.30. The summed E-state index contributed by atoms with van der Waals surface area (Å²) in [5, 5.41) is 3.23. The second-order valence-corrected chi connectivity index (χ2v) is 10.7. The van der Waals surface area contributed by atoms with Crippen LogP contribution in [0.1, 0.15) is 81.9 Å². The monoisotopic (exact) mass is 572 g/mol. The first-order valence-electron chi connectivity index (χ1n) is 14.6. The van der Waals surface area contributed by atoms with Crippen LogP contribution >= 0.6 is 11.6 Å². The first-order valence-corrected chi connectivity index (χ1v) is 15.1. The van der Waals surface area contributed by atoms with Crippen LogP contribution in [0.5, 0.6) is 17.2 Å². The van der Waals surface area contributed by atoms with Crippen LogP contribution in [0.15, 0.2) is 42.5 Å². The summed E-state index contributed by atoms with van der Waals surface area (Å²) in [6, 6.07) is 12.5. The van der Waals surface area contributed by atoms with Gasteiger partial charge in [-0.15, -0.1) is 11.6 Å². The highest BCUT2D eigenvalue weighted by molar-refractivity contribution is 6.27. The minimum atomic E-state index is -0.799. The Morgan fingerprint density at radius 3 is 2.35 bits per heavy atom. The molecule has 2 aromatic rings. The predicted molar refractivity (Wildman–Crippen MR) is 160 cm³/mol. The third-order valence-electron chi connectivity index (χ3n) is 7.50. The summed E-state index contributed by atoms with van der Waals surface area (Å²) in [7, 11) is 3.19. The van der Waals surface area contributed by atoms with Gasteiger partial charge in [-0.2, -0.15) is 0 Å². The van der Waals surface area contributed by atoms with E-state index in [-0.39, 0.29) is 23.7 Å². The molecule has 3 rings (SSSR count). The summed E-state index contributed by atoms with van der Waals surface area (Å²) < 4.78 is 16.7. The van der Waals surface area contributed by atoms with Gasteiger partial charge in [0.2, 0.25) is 11.8 Å². The number of ether oxygens (including phenoxy) is 3. The number of methoxy groups -OCH3 is 2. The Labute approximate surface area is 244 Å². The zero-order valence-electron chi connectivity index (χ0n) is 24.3. The Morgan fingerprint density at radius 2 is 1.70 bits per heavy atom. The van der Waals surface area contributed by atoms with E-state index in [0.29, 0.717) is 31.1 Å². The van der Waals surface area contributed by atoms with Gasteiger partial charge < -0.3 is 24.4 Å². The lowest BCUT2D eigenvalue weighted by Gasteiger charge is -2.33. The van der Waals surface area contributed by atoms with Gasteiger partial charge in [0, 0.05) is 12.6 Å². The van der Waals surface area contributed by atoms with E-state index in [9.17, 15) is 9.59 Å². The molecule has 1 aliphatic carbocycles. The van der Waals surface area contributed by atoms with Crippen molar-refractivity contribution in [3.05, 3.63) is 53.6 Å². The molecule has 0 unspecified atom stereocenters. The summed E-state index contributed by atoms with van der Waals surface area (Å²) in [4.78, 5) is 28.6. The number of benzene rings is 2. The molecule has 40 heavy (non-hydrogen) atoms. The lowest BCUT2D eigenvalue weighted by molar-refractivity contribution is -0.139. The fourth-order valence-corrected chi connectivity index (χ4v) is 5.38. The van der Waals surface area contributed by atoms with Crippen LogP contribution in [0, 0.1) is 0 Å². The van der Waals surface area contributed by atoms with Crippen molar-refractivity contribution in [1.29, 1.82) is 0 Å². The van der Waals surface area contributed by atoms with Gasteiger partial charge in [-0.3, -0.25) is 9.59 Å². The number of hydrogen-bond donors (Lipinski definition) is 1. The molecule has 1 N–H and O–H groups in total. The quantitative estimate of drug-likeness (QED) is 0.184. The Kier molecular flexibility index (Phi) is 13.4. The SMILES string of the molecule is CCCCCCOc1ccc([C@@H](C(=O)NC2CCCCC2)N(CCc2ccc(OC)c(OC)c2)C(=O)CCl)cc1. The number of carbonyl (C=O) groups excluding carboxylic acids is 2. The Balaban J connectivity index is 1.82. The van der Waals surface area contributed by atoms with Crippen LogP contribution in [-0.4, -0.2) is 56.0 Å². The molecule has 7 nitrogen and oxygen atoms in total. The second-order valence-electron chi connectivity index (χ2n) is 10.4. The highest BCUT2D eigenvalue weighted by Gasteiger charge is 2.32. The molecule has 1 atom stereocenters. The summed E-state index contributed by atoms with van der Waals surface area (Å²) in [5.41, 5.74) is 1.70. The summed E-state index contributed by atoms with van der Waals surface area (Å²) in [6.45, 7) is 3.17. The molecular weight excluding hydrogens is 528 g/mol. The Hall–Kier alpha value is -2.93. The van der Waals surface area contributed by atoms with E-state index in [1.54, 1.807) is 19.1 Å². The number of rotatable bonds is 16. The van der Waals surface area contributed by atoms with Crippen molar-refractivity contribution in [2.24, 2.45) is 0 Å². The van der Waals surface area contributed by atoms with Gasteiger partial charge >= 0.3 is 0 Å². The zero-order chi connectivity index (χ0) is 28.7. The maximum atomic E-state index is 13.8. The molecule has 0 spiro atoms. The molecular formula is C32H45ClN2O5. The number of unbranched alkanes of at least 4 members (excludes halogenated alkanes) is 3. The van der Waals surface area contributed by atoms with Crippen LogP contribution in [-0.2, 0) is 16.0 Å². The van der Waals surface area contributed by atoms with Gasteiger partial charge in [0.15, 0.2) is 11.5 Å². The number of hydrogen-bond acceptors (Lipinski definition) is 5. The lowest BCUT2D eigenvalue weighted by Crippen LogP contribution is -2.48. The molecule has 1 aliphatic rings. The van der Waals surface area contributed by atoms with E-state index >= 15 is 0 Å². The molecule has 0 aliphatic heterocycles. The van der Waals surface area contributed by atoms with Crippen molar-refractivity contribution in [2.75, 3.05) is 33.3 Å². The summed E-state index contributed by atoms with van der Waals surface area (Å²) in [6.07, 6.45) is 10.4. The normalized spacial score (nSPS) is 14.3. The second kappa shape index (κ2) is 17.0. The fourth-order valence-electron chi connectivity index (χ4n) is 5.23. The highest BCUT2D eigenvalue weighted by atomic mass is 35.5. The topological polar surface area (TPSA) is 77.1 Å². The van der Waals surface area contributed by atoms with E-state index < -0.39 is 6.04 Å². The van der Waals surface area contributed by atoms with Crippen LogP contribution < -0.4 is 19.5 Å². The van der Waals surface area contributed by atoms with Crippen molar-refractivity contribution < 1.29 is 23.8 Å². The molecule has 0 saturated heterocycles. The smallest absolute Gasteiger partial charge is 0.247 e. The van der Waals surface area contributed by atoms with Crippen LogP contribution in [0.25, 0.3) is 0 Å². The Bertz CT molecular complexity index is 1060. The van der Waals surface area contributed by atoms with Crippen LogP contribution in [0.2, 0.25) is 0 Å². The molecule has 0 aromatic heterocycles. The molecule has 2 amide bonds. The largest absolute Gasteiger partial charge is 0.494 e. The molecule has 8 heteroatoms.